The molecule has 4 aliphatic rings. The molecule has 10 nitrogen and oxygen atoms in total. The number of alkyl halides is 3. The van der Waals surface area contributed by atoms with Crippen molar-refractivity contribution < 1.29 is 35.5 Å². The number of morpholine rings is 1. The Labute approximate surface area is 229 Å². The fourth-order valence-corrected chi connectivity index (χ4v) is 7.24. The highest BCUT2D eigenvalue weighted by Crippen LogP contribution is 2.40. The van der Waals surface area contributed by atoms with E-state index in [0.717, 1.165) is 25.2 Å². The Morgan fingerprint density at radius 1 is 1.20 bits per heavy atom. The minimum absolute atomic E-state index is 0.00701. The predicted molar refractivity (Wildman–Crippen MR) is 139 cm³/mol. The second-order valence-corrected chi connectivity index (χ2v) is 12.0. The summed E-state index contributed by atoms with van der Waals surface area (Å²) in [7, 11) is -1.50. The van der Waals surface area contributed by atoms with Gasteiger partial charge in [0, 0.05) is 62.2 Å². The number of benzene rings is 1. The van der Waals surface area contributed by atoms with Gasteiger partial charge in [-0.15, -0.1) is 0 Å². The Morgan fingerprint density at radius 3 is 2.48 bits per heavy atom. The van der Waals surface area contributed by atoms with E-state index in [0.29, 0.717) is 26.1 Å². The van der Waals surface area contributed by atoms with Crippen LogP contribution >= 0.6 is 0 Å². The summed E-state index contributed by atoms with van der Waals surface area (Å²) >= 11 is 0. The zero-order chi connectivity index (χ0) is 28.9. The van der Waals surface area contributed by atoms with E-state index >= 15 is 4.39 Å². The van der Waals surface area contributed by atoms with E-state index in [1.807, 2.05) is 0 Å². The van der Waals surface area contributed by atoms with Crippen molar-refractivity contribution in [3.05, 3.63) is 46.4 Å². The lowest BCUT2D eigenvalue weighted by Crippen LogP contribution is -2.55. The molecule has 1 atom stereocenters. The number of fused-ring (bicyclic) bond motifs is 1. The molecule has 220 valence electrons. The number of rotatable bonds is 6. The minimum atomic E-state index is -4.61. The molecule has 0 amide bonds. The van der Waals surface area contributed by atoms with Crippen LogP contribution in [0.3, 0.4) is 0 Å². The summed E-state index contributed by atoms with van der Waals surface area (Å²) in [5.41, 5.74) is 3.83. The molecular formula is C25H32F4N6O4S. The molecule has 4 N–H and O–H groups in total. The number of hydrogen-bond donors (Lipinski definition) is 3. The number of nitrogens with one attached hydrogen (secondary N) is 2. The number of hydrogen-bond acceptors (Lipinski definition) is 9. The van der Waals surface area contributed by atoms with E-state index < -0.39 is 44.7 Å². The lowest BCUT2D eigenvalue weighted by Gasteiger charge is -2.39. The van der Waals surface area contributed by atoms with Crippen LogP contribution in [-0.4, -0.2) is 95.8 Å². The number of nitrogens with zero attached hydrogens (tertiary/aromatic N) is 3. The summed E-state index contributed by atoms with van der Waals surface area (Å²) < 4.78 is 95.4. The lowest BCUT2D eigenvalue weighted by molar-refractivity contribution is -0.0922. The molecule has 0 aliphatic carbocycles. The zero-order valence-electron chi connectivity index (χ0n) is 22.1. The number of nitrogens with two attached hydrogens (primary N) is 1. The van der Waals surface area contributed by atoms with E-state index in [1.165, 1.54) is 24.5 Å². The lowest BCUT2D eigenvalue weighted by atomic mass is 9.90. The SMILES string of the molecule is CNC1=CC(N)(c2cc(F)c(S(=O)(=O)N3CCC(N4CCOCC4)CC3)cc2OC)NC2=NCC(C(F)(F)F)=C12. The van der Waals surface area contributed by atoms with Gasteiger partial charge in [-0.2, -0.15) is 17.5 Å². The van der Waals surface area contributed by atoms with E-state index in [4.69, 9.17) is 15.2 Å². The molecular weight excluding hydrogens is 556 g/mol. The maximum absolute atomic E-state index is 15.6. The first-order valence-corrected chi connectivity index (χ1v) is 14.4. The normalized spacial score (nSPS) is 25.3. The molecule has 0 aromatic heterocycles. The van der Waals surface area contributed by atoms with E-state index in [9.17, 15) is 21.6 Å². The molecule has 40 heavy (non-hydrogen) atoms. The quantitative estimate of drug-likeness (QED) is 0.427. The number of halogens is 4. The summed E-state index contributed by atoms with van der Waals surface area (Å²) in [6.07, 6.45) is -2.10. The maximum Gasteiger partial charge on any atom is 0.415 e. The number of aliphatic imine (C=N–C) groups is 1. The second kappa shape index (κ2) is 10.6. The summed E-state index contributed by atoms with van der Waals surface area (Å²) in [5, 5.41) is 5.48. The fraction of sp³-hybridized carbons (Fsp3) is 0.560. The summed E-state index contributed by atoms with van der Waals surface area (Å²) in [5.74, 6) is -1.21. The van der Waals surface area contributed by atoms with Crippen LogP contribution in [0.1, 0.15) is 18.4 Å². The monoisotopic (exact) mass is 588 g/mol. The highest BCUT2D eigenvalue weighted by molar-refractivity contribution is 7.89. The van der Waals surface area contributed by atoms with Gasteiger partial charge < -0.3 is 25.8 Å². The summed E-state index contributed by atoms with van der Waals surface area (Å²) in [4.78, 5) is 5.70. The third-order valence-corrected chi connectivity index (χ3v) is 9.73. The summed E-state index contributed by atoms with van der Waals surface area (Å²) in [6.45, 7) is 2.76. The molecule has 5 rings (SSSR count). The van der Waals surface area contributed by atoms with Crippen LogP contribution in [-0.2, 0) is 20.4 Å². The Kier molecular flexibility index (Phi) is 7.63. The predicted octanol–water partition coefficient (Wildman–Crippen LogP) is 1.41. The Morgan fingerprint density at radius 2 is 1.88 bits per heavy atom. The molecule has 0 saturated carbocycles. The van der Waals surface area contributed by atoms with Gasteiger partial charge in [-0.25, -0.2) is 12.8 Å². The molecule has 1 aromatic rings. The van der Waals surface area contributed by atoms with Gasteiger partial charge in [0.15, 0.2) is 0 Å². The molecule has 0 spiro atoms. The minimum Gasteiger partial charge on any atom is -0.496 e. The average Bonchev–Trinajstić information content (AvgIpc) is 3.37. The smallest absolute Gasteiger partial charge is 0.415 e. The van der Waals surface area contributed by atoms with Crippen molar-refractivity contribution in [2.24, 2.45) is 10.7 Å². The van der Waals surface area contributed by atoms with Crippen molar-refractivity contribution in [3.8, 4) is 5.75 Å². The molecule has 1 unspecified atom stereocenters. The largest absolute Gasteiger partial charge is 0.496 e. The molecule has 2 saturated heterocycles. The third-order valence-electron chi connectivity index (χ3n) is 7.82. The number of ether oxygens (including phenoxy) is 2. The van der Waals surface area contributed by atoms with Crippen LogP contribution in [0.15, 0.2) is 44.9 Å². The Hall–Kier alpha value is -2.72. The highest BCUT2D eigenvalue weighted by Gasteiger charge is 2.46. The Balaban J connectivity index is 1.45. The molecule has 15 heteroatoms. The van der Waals surface area contributed by atoms with Crippen LogP contribution in [0.25, 0.3) is 0 Å². The van der Waals surface area contributed by atoms with Gasteiger partial charge in [0.05, 0.1) is 32.4 Å². The fourth-order valence-electron chi connectivity index (χ4n) is 5.71. The first kappa shape index (κ1) is 28.8. The average molecular weight is 589 g/mol. The maximum atomic E-state index is 15.6. The van der Waals surface area contributed by atoms with E-state index in [1.54, 1.807) is 0 Å². The van der Waals surface area contributed by atoms with Gasteiger partial charge in [0.2, 0.25) is 10.0 Å². The van der Waals surface area contributed by atoms with Gasteiger partial charge in [-0.1, -0.05) is 0 Å². The zero-order valence-corrected chi connectivity index (χ0v) is 23.0. The van der Waals surface area contributed by atoms with Crippen molar-refractivity contribution in [2.45, 2.75) is 35.6 Å². The van der Waals surface area contributed by atoms with Crippen molar-refractivity contribution in [3.63, 3.8) is 0 Å². The third kappa shape index (κ3) is 5.09. The van der Waals surface area contributed by atoms with Gasteiger partial charge >= 0.3 is 6.18 Å². The van der Waals surface area contributed by atoms with E-state index in [-0.39, 0.29) is 47.6 Å². The van der Waals surface area contributed by atoms with Crippen LogP contribution in [0, 0.1) is 5.82 Å². The topological polar surface area (TPSA) is 122 Å². The number of sulfonamides is 1. The van der Waals surface area contributed by atoms with Crippen molar-refractivity contribution >= 4 is 15.9 Å². The molecule has 1 aromatic carbocycles. The van der Waals surface area contributed by atoms with Crippen LogP contribution in [0.4, 0.5) is 17.6 Å². The second-order valence-electron chi connectivity index (χ2n) is 10.1. The van der Waals surface area contributed by atoms with Gasteiger partial charge in [-0.3, -0.25) is 9.89 Å². The number of methoxy groups -OCH3 is 1. The standard InChI is InChI=1S/C25H32F4N6O4S/c1-31-19-13-24(30,33-23-22(19)17(14-32-23)25(27,28)29)16-11-18(26)21(12-20(16)38-2)40(36,37)35-5-3-15(4-6-35)34-7-9-39-10-8-34/h11-13,15,31H,3-10,14,30H2,1-2H3,(H,32,33). The molecule has 0 radical (unpaired) electrons. The first-order valence-electron chi connectivity index (χ1n) is 12.9. The van der Waals surface area contributed by atoms with E-state index in [2.05, 4.69) is 20.5 Å². The molecule has 4 heterocycles. The number of piperidine rings is 1. The number of likely N-dealkylation sites (N-methyl/N-ethyl adjacent to an activating group) is 1. The van der Waals surface area contributed by atoms with Crippen molar-refractivity contribution in [1.29, 1.82) is 0 Å². The van der Waals surface area contributed by atoms with Crippen molar-refractivity contribution in [2.75, 3.05) is 60.1 Å². The van der Waals surface area contributed by atoms with Crippen LogP contribution in [0.5, 0.6) is 5.75 Å². The van der Waals surface area contributed by atoms with Crippen LogP contribution < -0.4 is 21.1 Å². The van der Waals surface area contributed by atoms with Crippen LogP contribution in [0.2, 0.25) is 0 Å². The molecule has 2 fully saturated rings. The molecule has 4 aliphatic heterocycles. The van der Waals surface area contributed by atoms with Gasteiger partial charge in [0.25, 0.3) is 0 Å². The van der Waals surface area contributed by atoms with Gasteiger partial charge in [0.1, 0.15) is 28.0 Å². The van der Waals surface area contributed by atoms with Gasteiger partial charge in [-0.05, 0) is 25.0 Å². The highest BCUT2D eigenvalue weighted by atomic mass is 32.2. The molecule has 0 bridgehead atoms. The van der Waals surface area contributed by atoms with Crippen molar-refractivity contribution in [1.82, 2.24) is 19.8 Å². The summed E-state index contributed by atoms with van der Waals surface area (Å²) in [6, 6.07) is 2.24. The Bertz CT molecular complexity index is 1370. The first-order chi connectivity index (χ1) is 18.9. The number of amidine groups is 1.